The van der Waals surface area contributed by atoms with Gasteiger partial charge in [-0.25, -0.2) is 4.98 Å². The maximum Gasteiger partial charge on any atom is 0.124 e. The van der Waals surface area contributed by atoms with Crippen LogP contribution in [0.2, 0.25) is 0 Å². The van der Waals surface area contributed by atoms with Gasteiger partial charge in [0.1, 0.15) is 10.4 Å². The van der Waals surface area contributed by atoms with E-state index < -0.39 is 0 Å². The van der Waals surface area contributed by atoms with Crippen molar-refractivity contribution in [3.8, 4) is 0 Å². The molecule has 2 heterocycles. The van der Waals surface area contributed by atoms with Crippen LogP contribution in [0.15, 0.2) is 10.8 Å². The Morgan fingerprint density at radius 2 is 2.12 bits per heavy atom. The fraction of sp³-hybridized carbons (Fsp3) is 0.727. The zero-order valence-corrected chi connectivity index (χ0v) is 11.4. The van der Waals surface area contributed by atoms with Gasteiger partial charge in [-0.15, -0.1) is 0 Å². The number of hydrogen-bond donors (Lipinski definition) is 0. The molecule has 0 spiro atoms. The molecule has 1 fully saturated rings. The van der Waals surface area contributed by atoms with Crippen LogP contribution in [-0.4, -0.2) is 40.8 Å². The monoisotopic (exact) mass is 287 g/mol. The lowest BCUT2D eigenvalue weighted by Crippen LogP contribution is -2.36. The van der Waals surface area contributed by atoms with Crippen molar-refractivity contribution in [3.63, 3.8) is 0 Å². The van der Waals surface area contributed by atoms with Gasteiger partial charge in [-0.3, -0.25) is 4.90 Å². The Hall–Kier alpha value is -0.390. The van der Waals surface area contributed by atoms with Gasteiger partial charge in [0.2, 0.25) is 0 Å². The van der Waals surface area contributed by atoms with Crippen molar-refractivity contribution in [3.05, 3.63) is 16.6 Å². The normalized spacial score (nSPS) is 18.2. The van der Waals surface area contributed by atoms with E-state index in [1.54, 1.807) is 0 Å². The number of nitrogens with zero attached hydrogens (tertiary/aromatic N) is 3. The topological polar surface area (TPSA) is 30.3 Å². The van der Waals surface area contributed by atoms with Crippen molar-refractivity contribution in [2.75, 3.05) is 26.3 Å². The minimum Gasteiger partial charge on any atom is -0.379 e. The summed E-state index contributed by atoms with van der Waals surface area (Å²) in [6, 6.07) is 0.454. The first-order valence-corrected chi connectivity index (χ1v) is 6.49. The third kappa shape index (κ3) is 2.84. The SMILES string of the molecule is CC(C)n1cc(Br)nc1CN1CCOCC1. The fourth-order valence-corrected chi connectivity index (χ4v) is 2.35. The van der Waals surface area contributed by atoms with Crippen LogP contribution < -0.4 is 0 Å². The smallest absolute Gasteiger partial charge is 0.124 e. The molecule has 1 aliphatic heterocycles. The van der Waals surface area contributed by atoms with Crippen LogP contribution in [0.3, 0.4) is 0 Å². The van der Waals surface area contributed by atoms with Crippen molar-refractivity contribution < 1.29 is 4.74 Å². The van der Waals surface area contributed by atoms with Crippen LogP contribution in [0, 0.1) is 0 Å². The van der Waals surface area contributed by atoms with Crippen LogP contribution in [-0.2, 0) is 11.3 Å². The van der Waals surface area contributed by atoms with E-state index in [0.29, 0.717) is 6.04 Å². The van der Waals surface area contributed by atoms with E-state index in [1.807, 2.05) is 0 Å². The molecule has 90 valence electrons. The molecule has 0 N–H and O–H groups in total. The van der Waals surface area contributed by atoms with Crippen LogP contribution in [0.1, 0.15) is 25.7 Å². The molecule has 0 bridgehead atoms. The molecule has 0 unspecified atom stereocenters. The summed E-state index contributed by atoms with van der Waals surface area (Å²) in [5.74, 6) is 1.13. The Bertz CT molecular complexity index is 345. The summed E-state index contributed by atoms with van der Waals surface area (Å²) in [6.07, 6.45) is 2.06. The van der Waals surface area contributed by atoms with Crippen molar-refractivity contribution in [2.45, 2.75) is 26.4 Å². The molecule has 0 aliphatic carbocycles. The van der Waals surface area contributed by atoms with E-state index in [4.69, 9.17) is 4.74 Å². The standard InChI is InChI=1S/C11H18BrN3O/c1-9(2)15-7-10(12)13-11(15)8-14-3-5-16-6-4-14/h7,9H,3-6,8H2,1-2H3. The number of halogens is 1. The predicted molar refractivity (Wildman–Crippen MR) is 66.4 cm³/mol. The molecule has 0 amide bonds. The van der Waals surface area contributed by atoms with Gasteiger partial charge in [0, 0.05) is 25.3 Å². The highest BCUT2D eigenvalue weighted by molar-refractivity contribution is 9.10. The predicted octanol–water partition coefficient (Wildman–Crippen LogP) is 2.06. The maximum absolute atomic E-state index is 5.34. The molecule has 0 aromatic carbocycles. The molecule has 0 radical (unpaired) electrons. The quantitative estimate of drug-likeness (QED) is 0.853. The minimum atomic E-state index is 0.454. The zero-order valence-electron chi connectivity index (χ0n) is 9.82. The highest BCUT2D eigenvalue weighted by Gasteiger charge is 2.15. The van der Waals surface area contributed by atoms with Crippen LogP contribution in [0.4, 0.5) is 0 Å². The third-order valence-corrected chi connectivity index (χ3v) is 3.19. The second-order valence-electron chi connectivity index (χ2n) is 4.37. The summed E-state index contributed by atoms with van der Waals surface area (Å²) >= 11 is 3.44. The lowest BCUT2D eigenvalue weighted by Gasteiger charge is -2.26. The molecule has 1 aromatic rings. The van der Waals surface area contributed by atoms with Gasteiger partial charge >= 0.3 is 0 Å². The van der Waals surface area contributed by atoms with Crippen molar-refractivity contribution in [1.82, 2.24) is 14.5 Å². The molecular formula is C11H18BrN3O. The van der Waals surface area contributed by atoms with Gasteiger partial charge < -0.3 is 9.30 Å². The van der Waals surface area contributed by atoms with E-state index >= 15 is 0 Å². The molecule has 1 aromatic heterocycles. The molecule has 1 aliphatic rings. The number of ether oxygens (including phenoxy) is 1. The number of imidazole rings is 1. The van der Waals surface area contributed by atoms with Gasteiger partial charge in [0.05, 0.1) is 19.8 Å². The first-order chi connectivity index (χ1) is 7.66. The van der Waals surface area contributed by atoms with Crippen LogP contribution in [0.5, 0.6) is 0 Å². The molecule has 1 saturated heterocycles. The maximum atomic E-state index is 5.34. The Balaban J connectivity index is 2.07. The highest BCUT2D eigenvalue weighted by atomic mass is 79.9. The zero-order chi connectivity index (χ0) is 11.5. The number of aromatic nitrogens is 2. The van der Waals surface area contributed by atoms with Gasteiger partial charge in [-0.1, -0.05) is 0 Å². The third-order valence-electron chi connectivity index (χ3n) is 2.80. The van der Waals surface area contributed by atoms with E-state index in [-0.39, 0.29) is 0 Å². The van der Waals surface area contributed by atoms with Gasteiger partial charge in [0.15, 0.2) is 0 Å². The number of rotatable bonds is 3. The highest BCUT2D eigenvalue weighted by Crippen LogP contribution is 2.17. The van der Waals surface area contributed by atoms with Crippen molar-refractivity contribution >= 4 is 15.9 Å². The molecule has 16 heavy (non-hydrogen) atoms. The van der Waals surface area contributed by atoms with E-state index in [0.717, 1.165) is 43.3 Å². The summed E-state index contributed by atoms with van der Waals surface area (Å²) < 4.78 is 8.48. The number of morpholine rings is 1. The van der Waals surface area contributed by atoms with Crippen molar-refractivity contribution in [2.24, 2.45) is 0 Å². The van der Waals surface area contributed by atoms with Gasteiger partial charge in [-0.2, -0.15) is 0 Å². The molecule has 0 atom stereocenters. The Kier molecular flexibility index (Phi) is 4.00. The summed E-state index contributed by atoms with van der Waals surface area (Å²) in [5, 5.41) is 0. The lowest BCUT2D eigenvalue weighted by atomic mass is 10.3. The minimum absolute atomic E-state index is 0.454. The first-order valence-electron chi connectivity index (χ1n) is 5.70. The molecular weight excluding hydrogens is 270 g/mol. The summed E-state index contributed by atoms with van der Waals surface area (Å²) in [5.41, 5.74) is 0. The van der Waals surface area contributed by atoms with E-state index in [1.165, 1.54) is 0 Å². The first kappa shape index (κ1) is 12.1. The van der Waals surface area contributed by atoms with E-state index in [2.05, 4.69) is 50.4 Å². The van der Waals surface area contributed by atoms with Crippen LogP contribution in [0.25, 0.3) is 0 Å². The fourth-order valence-electron chi connectivity index (χ4n) is 1.92. The molecule has 2 rings (SSSR count). The molecule has 4 nitrogen and oxygen atoms in total. The van der Waals surface area contributed by atoms with Gasteiger partial charge in [0.25, 0.3) is 0 Å². The summed E-state index contributed by atoms with van der Waals surface area (Å²) in [4.78, 5) is 6.91. The second-order valence-corrected chi connectivity index (χ2v) is 5.18. The van der Waals surface area contributed by atoms with E-state index in [9.17, 15) is 0 Å². The van der Waals surface area contributed by atoms with Crippen LogP contribution >= 0.6 is 15.9 Å². The summed E-state index contributed by atoms with van der Waals surface area (Å²) in [7, 11) is 0. The second kappa shape index (κ2) is 5.29. The Labute approximate surface area is 105 Å². The lowest BCUT2D eigenvalue weighted by molar-refractivity contribution is 0.0324. The molecule has 0 saturated carbocycles. The average molecular weight is 288 g/mol. The average Bonchev–Trinajstić information content (AvgIpc) is 2.61. The number of hydrogen-bond acceptors (Lipinski definition) is 3. The van der Waals surface area contributed by atoms with Crippen molar-refractivity contribution in [1.29, 1.82) is 0 Å². The molecule has 5 heteroatoms. The largest absolute Gasteiger partial charge is 0.379 e. The summed E-state index contributed by atoms with van der Waals surface area (Å²) in [6.45, 7) is 8.94. The Morgan fingerprint density at radius 3 is 2.75 bits per heavy atom. The van der Waals surface area contributed by atoms with Gasteiger partial charge in [-0.05, 0) is 29.8 Å². The Morgan fingerprint density at radius 1 is 1.44 bits per heavy atom.